The van der Waals surface area contributed by atoms with Gasteiger partial charge in [-0.1, -0.05) is 6.92 Å². The van der Waals surface area contributed by atoms with Crippen LogP contribution in [0.25, 0.3) is 0 Å². The number of aromatic nitrogens is 4. The van der Waals surface area contributed by atoms with Crippen molar-refractivity contribution >= 4 is 15.9 Å². The zero-order chi connectivity index (χ0) is 13.1. The van der Waals surface area contributed by atoms with E-state index < -0.39 is 6.10 Å². The maximum absolute atomic E-state index is 10.5. The third-order valence-corrected chi connectivity index (χ3v) is 3.50. The summed E-state index contributed by atoms with van der Waals surface area (Å²) in [4.78, 5) is 4.09. The first kappa shape index (κ1) is 13.3. The standard InChI is InChI=1S/C12H17BrN4O/c1-3-5-17-11(9(13)6-15-17)12(18)10-7-14-8-16(10)4-2/h6-8,12,18H,3-5H2,1-2H3. The van der Waals surface area contributed by atoms with E-state index >= 15 is 0 Å². The van der Waals surface area contributed by atoms with Crippen molar-refractivity contribution in [2.75, 3.05) is 0 Å². The van der Waals surface area contributed by atoms with E-state index in [1.807, 2.05) is 16.2 Å². The van der Waals surface area contributed by atoms with Gasteiger partial charge in [-0.15, -0.1) is 0 Å². The number of aliphatic hydroxyl groups is 1. The Hall–Kier alpha value is -1.14. The highest BCUT2D eigenvalue weighted by atomic mass is 79.9. The Bertz CT molecular complexity index is 520. The molecule has 18 heavy (non-hydrogen) atoms. The lowest BCUT2D eigenvalue weighted by molar-refractivity contribution is 0.197. The molecule has 2 aromatic rings. The summed E-state index contributed by atoms with van der Waals surface area (Å²) >= 11 is 3.45. The van der Waals surface area contributed by atoms with Gasteiger partial charge in [0.1, 0.15) is 6.10 Å². The van der Waals surface area contributed by atoms with Crippen LogP contribution in [0.1, 0.15) is 37.8 Å². The van der Waals surface area contributed by atoms with Crippen molar-refractivity contribution in [1.82, 2.24) is 19.3 Å². The molecule has 6 heteroatoms. The number of aliphatic hydroxyl groups excluding tert-OH is 1. The van der Waals surface area contributed by atoms with Crippen LogP contribution < -0.4 is 0 Å². The van der Waals surface area contributed by atoms with E-state index in [9.17, 15) is 5.11 Å². The van der Waals surface area contributed by atoms with Crippen LogP contribution in [0.4, 0.5) is 0 Å². The normalized spacial score (nSPS) is 12.9. The quantitative estimate of drug-likeness (QED) is 0.922. The van der Waals surface area contributed by atoms with Gasteiger partial charge in [0.05, 0.1) is 34.6 Å². The number of imidazole rings is 1. The summed E-state index contributed by atoms with van der Waals surface area (Å²) in [6.45, 7) is 5.68. The van der Waals surface area contributed by atoms with Crippen molar-refractivity contribution in [3.8, 4) is 0 Å². The Morgan fingerprint density at radius 3 is 2.83 bits per heavy atom. The van der Waals surface area contributed by atoms with E-state index in [4.69, 9.17) is 0 Å². The van der Waals surface area contributed by atoms with E-state index in [-0.39, 0.29) is 0 Å². The molecule has 0 bridgehead atoms. The van der Waals surface area contributed by atoms with Gasteiger partial charge in [0, 0.05) is 13.1 Å². The van der Waals surface area contributed by atoms with Gasteiger partial charge in [0.2, 0.25) is 0 Å². The second kappa shape index (κ2) is 5.67. The minimum atomic E-state index is -0.712. The molecular weight excluding hydrogens is 296 g/mol. The van der Waals surface area contributed by atoms with Crippen molar-refractivity contribution in [3.63, 3.8) is 0 Å². The molecule has 1 atom stereocenters. The summed E-state index contributed by atoms with van der Waals surface area (Å²) in [6.07, 6.45) is 5.41. The van der Waals surface area contributed by atoms with Gasteiger partial charge < -0.3 is 9.67 Å². The molecule has 0 aromatic carbocycles. The largest absolute Gasteiger partial charge is 0.380 e. The van der Waals surface area contributed by atoms with Crippen LogP contribution in [-0.2, 0) is 13.1 Å². The molecular formula is C12H17BrN4O. The first-order chi connectivity index (χ1) is 8.69. The van der Waals surface area contributed by atoms with Crippen molar-refractivity contribution in [2.45, 2.75) is 39.5 Å². The van der Waals surface area contributed by atoms with Crippen LogP contribution in [0.15, 0.2) is 23.2 Å². The average molecular weight is 313 g/mol. The lowest BCUT2D eigenvalue weighted by atomic mass is 10.2. The second-order valence-electron chi connectivity index (χ2n) is 4.11. The highest BCUT2D eigenvalue weighted by Crippen LogP contribution is 2.28. The van der Waals surface area contributed by atoms with Gasteiger partial charge in [-0.2, -0.15) is 5.10 Å². The molecule has 0 fully saturated rings. The van der Waals surface area contributed by atoms with Crippen molar-refractivity contribution in [1.29, 1.82) is 0 Å². The van der Waals surface area contributed by atoms with E-state index in [2.05, 4.69) is 32.9 Å². The maximum Gasteiger partial charge on any atom is 0.138 e. The number of hydrogen-bond acceptors (Lipinski definition) is 3. The predicted octanol–water partition coefficient (Wildman–Crippen LogP) is 2.35. The SMILES string of the molecule is CCCn1ncc(Br)c1C(O)c1cncn1CC. The monoisotopic (exact) mass is 312 g/mol. The van der Waals surface area contributed by atoms with Crippen molar-refractivity contribution in [3.05, 3.63) is 34.6 Å². The Morgan fingerprint density at radius 1 is 1.39 bits per heavy atom. The van der Waals surface area contributed by atoms with Crippen molar-refractivity contribution < 1.29 is 5.11 Å². The summed E-state index contributed by atoms with van der Waals surface area (Å²) < 4.78 is 4.59. The average Bonchev–Trinajstić information content (AvgIpc) is 2.96. The topological polar surface area (TPSA) is 55.9 Å². The van der Waals surface area contributed by atoms with E-state index in [0.717, 1.165) is 35.4 Å². The molecule has 2 aromatic heterocycles. The first-order valence-corrected chi connectivity index (χ1v) is 6.87. The summed E-state index contributed by atoms with van der Waals surface area (Å²) in [5.41, 5.74) is 1.57. The van der Waals surface area contributed by atoms with E-state index in [1.165, 1.54) is 0 Å². The molecule has 0 spiro atoms. The molecule has 5 nitrogen and oxygen atoms in total. The third-order valence-electron chi connectivity index (χ3n) is 2.89. The molecule has 0 saturated carbocycles. The fourth-order valence-electron chi connectivity index (χ4n) is 2.00. The number of aryl methyl sites for hydroxylation is 2. The Kier molecular flexibility index (Phi) is 4.19. The minimum absolute atomic E-state index is 0.712. The first-order valence-electron chi connectivity index (χ1n) is 6.08. The number of nitrogens with zero attached hydrogens (tertiary/aromatic N) is 4. The molecule has 0 aliphatic heterocycles. The number of halogens is 1. The number of hydrogen-bond donors (Lipinski definition) is 1. The van der Waals surface area contributed by atoms with Crippen LogP contribution in [0, 0.1) is 0 Å². The second-order valence-corrected chi connectivity index (χ2v) is 4.96. The lowest BCUT2D eigenvalue weighted by Gasteiger charge is -2.15. The lowest BCUT2D eigenvalue weighted by Crippen LogP contribution is -2.13. The molecule has 0 radical (unpaired) electrons. The van der Waals surface area contributed by atoms with Crippen LogP contribution >= 0.6 is 15.9 Å². The smallest absolute Gasteiger partial charge is 0.138 e. The zero-order valence-corrected chi connectivity index (χ0v) is 12.1. The summed E-state index contributed by atoms with van der Waals surface area (Å²) in [5, 5.41) is 14.8. The molecule has 0 saturated heterocycles. The van der Waals surface area contributed by atoms with Crippen molar-refractivity contribution in [2.24, 2.45) is 0 Å². The van der Waals surface area contributed by atoms with Crippen LogP contribution in [0.2, 0.25) is 0 Å². The fourth-order valence-corrected chi connectivity index (χ4v) is 2.51. The predicted molar refractivity (Wildman–Crippen MR) is 72.2 cm³/mol. The molecule has 0 amide bonds. The third kappa shape index (κ3) is 2.35. The fraction of sp³-hybridized carbons (Fsp3) is 0.500. The van der Waals surface area contributed by atoms with Crippen LogP contribution in [0.3, 0.4) is 0 Å². The molecule has 1 N–H and O–H groups in total. The molecule has 2 rings (SSSR count). The van der Waals surface area contributed by atoms with Gasteiger partial charge in [-0.25, -0.2) is 4.98 Å². The Balaban J connectivity index is 2.39. The molecule has 0 aliphatic carbocycles. The zero-order valence-electron chi connectivity index (χ0n) is 10.5. The maximum atomic E-state index is 10.5. The van der Waals surface area contributed by atoms with Gasteiger partial charge in [0.25, 0.3) is 0 Å². The Morgan fingerprint density at radius 2 is 2.17 bits per heavy atom. The molecule has 1 unspecified atom stereocenters. The van der Waals surface area contributed by atoms with Gasteiger partial charge in [-0.05, 0) is 29.3 Å². The summed E-state index contributed by atoms with van der Waals surface area (Å²) in [5.74, 6) is 0. The number of rotatable bonds is 5. The minimum Gasteiger partial charge on any atom is -0.380 e. The molecule has 0 aliphatic rings. The highest BCUT2D eigenvalue weighted by molar-refractivity contribution is 9.10. The highest BCUT2D eigenvalue weighted by Gasteiger charge is 2.22. The van der Waals surface area contributed by atoms with E-state index in [1.54, 1.807) is 18.7 Å². The van der Waals surface area contributed by atoms with Gasteiger partial charge in [-0.3, -0.25) is 4.68 Å². The van der Waals surface area contributed by atoms with Gasteiger partial charge in [0.15, 0.2) is 0 Å². The molecule has 98 valence electrons. The van der Waals surface area contributed by atoms with Gasteiger partial charge >= 0.3 is 0 Å². The Labute approximate surface area is 115 Å². The summed E-state index contributed by atoms with van der Waals surface area (Å²) in [6, 6.07) is 0. The van der Waals surface area contributed by atoms with Crippen LogP contribution in [-0.4, -0.2) is 24.4 Å². The summed E-state index contributed by atoms with van der Waals surface area (Å²) in [7, 11) is 0. The van der Waals surface area contributed by atoms with Crippen LogP contribution in [0.5, 0.6) is 0 Å². The van der Waals surface area contributed by atoms with E-state index in [0.29, 0.717) is 0 Å². The molecule has 2 heterocycles.